The van der Waals surface area contributed by atoms with Crippen molar-refractivity contribution in [2.75, 3.05) is 21.3 Å². The molecule has 0 amide bonds. The van der Waals surface area contributed by atoms with Crippen LogP contribution in [0.1, 0.15) is 99.3 Å². The molecular formula is C42H68O16. The van der Waals surface area contributed by atoms with Crippen molar-refractivity contribution in [3.8, 4) is 0 Å². The molecule has 6 fully saturated rings. The van der Waals surface area contributed by atoms with Gasteiger partial charge in [0.2, 0.25) is 0 Å². The highest BCUT2D eigenvalue weighted by Crippen LogP contribution is 2.70. The predicted octanol–water partition coefficient (Wildman–Crippen LogP) is 1.41. The number of carbonyl (C=O) groups is 1. The summed E-state index contributed by atoms with van der Waals surface area (Å²) in [6.45, 7) is 10.4. The molecule has 0 radical (unpaired) electrons. The van der Waals surface area contributed by atoms with Crippen molar-refractivity contribution < 1.29 is 78.1 Å². The summed E-state index contributed by atoms with van der Waals surface area (Å²) in [6, 6.07) is 0. The molecule has 332 valence electrons. The van der Waals surface area contributed by atoms with E-state index in [1.807, 2.05) is 19.9 Å². The van der Waals surface area contributed by atoms with E-state index in [9.17, 15) is 35.4 Å². The summed E-state index contributed by atoms with van der Waals surface area (Å²) in [5, 5.41) is 69.3. The third kappa shape index (κ3) is 6.80. The van der Waals surface area contributed by atoms with Crippen LogP contribution in [-0.4, -0.2) is 167 Å². The number of Topliss-reactive ketones (excluding diaryl/α,β-unsaturated/α-hetero) is 1. The van der Waals surface area contributed by atoms with E-state index in [4.69, 9.17) is 42.6 Å². The lowest BCUT2D eigenvalue weighted by molar-refractivity contribution is -0.352. The first-order valence-electron chi connectivity index (χ1n) is 21.2. The molecule has 0 unspecified atom stereocenters. The molecule has 0 bridgehead atoms. The minimum atomic E-state index is -1.94. The zero-order valence-electron chi connectivity index (χ0n) is 35.4. The Morgan fingerprint density at radius 3 is 1.93 bits per heavy atom. The van der Waals surface area contributed by atoms with Crippen LogP contribution in [0.2, 0.25) is 0 Å². The summed E-state index contributed by atoms with van der Waals surface area (Å²) in [5.41, 5.74) is -6.52. The van der Waals surface area contributed by atoms with Gasteiger partial charge in [0.15, 0.2) is 24.7 Å². The minimum Gasteiger partial charge on any atom is -0.392 e. The van der Waals surface area contributed by atoms with Gasteiger partial charge in [-0.05, 0) is 78.1 Å². The van der Waals surface area contributed by atoms with E-state index in [2.05, 4.69) is 6.92 Å². The predicted molar refractivity (Wildman–Crippen MR) is 203 cm³/mol. The van der Waals surface area contributed by atoms with Crippen LogP contribution in [0.3, 0.4) is 0 Å². The first-order valence-corrected chi connectivity index (χ1v) is 21.2. The van der Waals surface area contributed by atoms with E-state index in [1.165, 1.54) is 14.0 Å². The van der Waals surface area contributed by atoms with Crippen molar-refractivity contribution in [1.82, 2.24) is 0 Å². The zero-order chi connectivity index (χ0) is 42.3. The van der Waals surface area contributed by atoms with Gasteiger partial charge in [-0.3, -0.25) is 4.79 Å². The lowest BCUT2D eigenvalue weighted by atomic mass is 9.42. The van der Waals surface area contributed by atoms with Gasteiger partial charge in [0.05, 0.1) is 48.1 Å². The number of fused-ring (bicyclic) bond motifs is 5. The van der Waals surface area contributed by atoms with E-state index >= 15 is 0 Å². The summed E-state index contributed by atoms with van der Waals surface area (Å²) in [4.78, 5) is 12.7. The minimum absolute atomic E-state index is 0.00730. The van der Waals surface area contributed by atoms with Gasteiger partial charge in [-0.2, -0.15) is 0 Å². The highest BCUT2D eigenvalue weighted by molar-refractivity contribution is 5.87. The first-order chi connectivity index (χ1) is 27.2. The van der Waals surface area contributed by atoms with E-state index in [-0.39, 0.29) is 37.9 Å². The molecule has 3 saturated heterocycles. The lowest BCUT2D eigenvalue weighted by Gasteiger charge is -2.66. The van der Waals surface area contributed by atoms with Crippen molar-refractivity contribution in [3.05, 3.63) is 11.6 Å². The average molecular weight is 829 g/mol. The molecule has 6 N–H and O–H groups in total. The summed E-state index contributed by atoms with van der Waals surface area (Å²) >= 11 is 0. The van der Waals surface area contributed by atoms with E-state index in [1.54, 1.807) is 28.1 Å². The highest BCUT2D eigenvalue weighted by atomic mass is 16.8. The summed E-state index contributed by atoms with van der Waals surface area (Å²) in [7, 11) is 4.62. The Kier molecular flexibility index (Phi) is 12.5. The maximum atomic E-state index is 12.7. The van der Waals surface area contributed by atoms with E-state index in [0.717, 1.165) is 5.57 Å². The van der Waals surface area contributed by atoms with Crippen LogP contribution >= 0.6 is 0 Å². The molecule has 3 aliphatic heterocycles. The maximum Gasteiger partial charge on any atom is 0.187 e. The van der Waals surface area contributed by atoms with Crippen LogP contribution in [0.25, 0.3) is 0 Å². The van der Waals surface area contributed by atoms with Crippen LogP contribution in [0.15, 0.2) is 11.6 Å². The molecule has 7 aliphatic rings. The van der Waals surface area contributed by atoms with Gasteiger partial charge in [-0.25, -0.2) is 0 Å². The largest absolute Gasteiger partial charge is 0.392 e. The summed E-state index contributed by atoms with van der Waals surface area (Å²) in [6.07, 6.45) is -5.55. The van der Waals surface area contributed by atoms with Crippen LogP contribution < -0.4 is 0 Å². The maximum absolute atomic E-state index is 12.7. The van der Waals surface area contributed by atoms with Gasteiger partial charge in [0.25, 0.3) is 0 Å². The van der Waals surface area contributed by atoms with Crippen molar-refractivity contribution in [1.29, 1.82) is 0 Å². The molecule has 3 heterocycles. The van der Waals surface area contributed by atoms with Crippen LogP contribution in [0.4, 0.5) is 0 Å². The first kappa shape index (κ1) is 44.9. The Morgan fingerprint density at radius 2 is 1.34 bits per heavy atom. The molecule has 4 aliphatic carbocycles. The second kappa shape index (κ2) is 16.2. The second-order valence-corrected chi connectivity index (χ2v) is 18.7. The molecule has 0 aromatic rings. The van der Waals surface area contributed by atoms with Crippen LogP contribution in [0, 0.1) is 16.7 Å². The standard InChI is InChI=1S/C42H68O16/c1-20-32(45)36(52-9)33(46)37(55-20)58-35-22(3)54-31(18-27(35)51-8)57-34-21(2)53-30(17-26(34)50-7)56-25-11-12-38(5)24(16-25)10-13-41(48)28(38)19-29(44)39(6)40(47,23(4)43)14-15-42(39,41)49/h10,20-22,25-37,44-49H,11-19H2,1-9H3/t20-,21-,22-,25+,26+,27+,28-,29-,30+,31+,32-,33-,34-,35-,36+,37+,38+,39-,40-,41+,42-/m1/s1. The fraction of sp³-hybridized carbons (Fsp3) is 0.929. The topological polar surface area (TPSA) is 222 Å². The number of aliphatic hydroxyl groups excluding tert-OH is 3. The van der Waals surface area contributed by atoms with Crippen molar-refractivity contribution in [3.63, 3.8) is 0 Å². The third-order valence-electron chi connectivity index (χ3n) is 16.0. The number of carbonyl (C=O) groups excluding carboxylic acids is 1. The van der Waals surface area contributed by atoms with Crippen molar-refractivity contribution in [2.45, 2.75) is 208 Å². The Balaban J connectivity index is 0.970. The quantitative estimate of drug-likeness (QED) is 0.172. The van der Waals surface area contributed by atoms with Gasteiger partial charge in [-0.15, -0.1) is 0 Å². The Hall–Kier alpha value is -1.19. The molecular weight excluding hydrogens is 760 g/mol. The summed E-state index contributed by atoms with van der Waals surface area (Å²) in [5.74, 6) is -1.01. The number of ketones is 1. The van der Waals surface area contributed by atoms with Crippen molar-refractivity contribution >= 4 is 5.78 Å². The Bertz CT molecular complexity index is 1530. The lowest BCUT2D eigenvalue weighted by Crippen LogP contribution is -2.78. The molecule has 58 heavy (non-hydrogen) atoms. The number of rotatable bonds is 10. The fourth-order valence-corrected chi connectivity index (χ4v) is 12.3. The molecule has 16 nitrogen and oxygen atoms in total. The number of hydrogen-bond acceptors (Lipinski definition) is 16. The molecule has 3 saturated carbocycles. The molecule has 0 aromatic carbocycles. The van der Waals surface area contributed by atoms with E-state index in [0.29, 0.717) is 32.1 Å². The number of ether oxygens (including phenoxy) is 9. The number of aliphatic hydroxyl groups is 6. The smallest absolute Gasteiger partial charge is 0.187 e. The van der Waals surface area contributed by atoms with Gasteiger partial charge in [0.1, 0.15) is 47.3 Å². The molecule has 7 rings (SSSR count). The highest BCUT2D eigenvalue weighted by Gasteiger charge is 2.80. The monoisotopic (exact) mass is 828 g/mol. The van der Waals surface area contributed by atoms with Gasteiger partial charge in [-0.1, -0.05) is 25.5 Å². The Labute approximate surface area is 341 Å². The average Bonchev–Trinajstić information content (AvgIpc) is 3.41. The van der Waals surface area contributed by atoms with E-state index < -0.39 is 119 Å². The van der Waals surface area contributed by atoms with Gasteiger partial charge >= 0.3 is 0 Å². The molecule has 21 atom stereocenters. The second-order valence-electron chi connectivity index (χ2n) is 18.7. The molecule has 0 aromatic heterocycles. The third-order valence-corrected chi connectivity index (χ3v) is 16.0. The van der Waals surface area contributed by atoms with Crippen molar-refractivity contribution in [2.24, 2.45) is 16.7 Å². The molecule has 0 spiro atoms. The summed E-state index contributed by atoms with van der Waals surface area (Å²) < 4.78 is 55.0. The number of methoxy groups -OCH3 is 3. The fourth-order valence-electron chi connectivity index (χ4n) is 12.3. The van der Waals surface area contributed by atoms with Gasteiger partial charge in [0, 0.05) is 40.1 Å². The SMILES string of the molecule is CO[C@@H]1[C@@H](O)[C@H](O[C@H]2[C@@H](OC)C[C@H](O[C@H]3[C@@H](OC)C[C@H](O[C@H]4CC[C@@]5(C)C(=CC[C@]6(O)[C@@H]5C[C@@H](O)[C@@]5(C)[C@]6(O)CC[C@@]5(O)C(C)=O)C4)O[C@@H]3C)O[C@@H]2C)O[C@H](C)[C@H]1O. The van der Waals surface area contributed by atoms with Crippen LogP contribution in [-0.2, 0) is 47.4 Å². The normalized spacial score (nSPS) is 54.6. The zero-order valence-corrected chi connectivity index (χ0v) is 35.4. The molecule has 16 heteroatoms. The van der Waals surface area contributed by atoms with Crippen LogP contribution in [0.5, 0.6) is 0 Å². The Morgan fingerprint density at radius 1 is 0.741 bits per heavy atom. The number of hydrogen-bond donors (Lipinski definition) is 6. The van der Waals surface area contributed by atoms with Gasteiger partial charge < -0.3 is 73.3 Å².